The average molecular weight is 298 g/mol. The third kappa shape index (κ3) is 5.61. The molecule has 0 aliphatic carbocycles. The number of nitrogens with two attached hydrogens (primary N) is 1. The number of rotatable bonds is 5. The number of carbonyl (C=O) groups is 3. The van der Waals surface area contributed by atoms with Gasteiger partial charge in [0, 0.05) is 26.2 Å². The summed E-state index contributed by atoms with van der Waals surface area (Å²) in [7, 11) is 0. The van der Waals surface area contributed by atoms with Gasteiger partial charge in [-0.1, -0.05) is 0 Å². The Labute approximate surface area is 103 Å². The van der Waals surface area contributed by atoms with Gasteiger partial charge in [-0.15, -0.1) is 0 Å². The molecule has 0 fully saturated rings. The Hall–Kier alpha value is -0.787. The Kier molecular flexibility index (Phi) is 7.38. The van der Waals surface area contributed by atoms with Crippen molar-refractivity contribution in [2.24, 2.45) is 5.90 Å². The third-order valence-electron chi connectivity index (χ3n) is 1.41. The fraction of sp³-hybridized carbons (Fsp3) is 0.500. The number of hydrogen-bond donors (Lipinski definition) is 4. The second kappa shape index (κ2) is 6.65. The second-order valence-electron chi connectivity index (χ2n) is 2.57. The van der Waals surface area contributed by atoms with E-state index in [4.69, 9.17) is 10.2 Å². The van der Waals surface area contributed by atoms with Gasteiger partial charge in [0.15, 0.2) is 5.60 Å². The largest absolute Gasteiger partial charge is 0.481 e. The van der Waals surface area contributed by atoms with Crippen LogP contribution < -0.4 is 5.90 Å². The van der Waals surface area contributed by atoms with Crippen molar-refractivity contribution in [2.45, 2.75) is 18.4 Å². The van der Waals surface area contributed by atoms with Crippen LogP contribution in [-0.2, 0) is 45.4 Å². The summed E-state index contributed by atoms with van der Waals surface area (Å²) < 4.78 is 0. The molecule has 9 heteroatoms. The molecule has 0 aromatic rings. The first-order valence-electron chi connectivity index (χ1n) is 3.39. The maximum absolute atomic E-state index is 10.5. The Morgan fingerprint density at radius 2 is 1.67 bits per heavy atom. The molecular weight excluding hydrogens is 289 g/mol. The van der Waals surface area contributed by atoms with Gasteiger partial charge in [-0.05, 0) is 0 Å². The van der Waals surface area contributed by atoms with Crippen molar-refractivity contribution >= 4 is 17.9 Å². The molecule has 84 valence electrons. The predicted octanol–water partition coefficient (Wildman–Crippen LogP) is -1.92. The Morgan fingerprint density at radius 1 is 1.20 bits per heavy atom. The van der Waals surface area contributed by atoms with Crippen molar-refractivity contribution in [3.63, 3.8) is 0 Å². The molecule has 0 saturated carbocycles. The Bertz CT molecular complexity index is 268. The van der Waals surface area contributed by atoms with Crippen LogP contribution in [0.4, 0.5) is 0 Å². The van der Waals surface area contributed by atoms with E-state index in [2.05, 4.69) is 10.7 Å². The monoisotopic (exact) mass is 297 g/mol. The summed E-state index contributed by atoms with van der Waals surface area (Å²) in [6.07, 6.45) is -2.14. The van der Waals surface area contributed by atoms with Crippen LogP contribution in [0.15, 0.2) is 0 Å². The summed E-state index contributed by atoms with van der Waals surface area (Å²) in [5.41, 5.74) is -2.69. The third-order valence-corrected chi connectivity index (χ3v) is 1.41. The van der Waals surface area contributed by atoms with E-state index in [-0.39, 0.29) is 26.2 Å². The molecule has 0 bridgehead atoms. The predicted molar refractivity (Wildman–Crippen MR) is 39.7 cm³/mol. The first-order valence-corrected chi connectivity index (χ1v) is 3.39. The van der Waals surface area contributed by atoms with Gasteiger partial charge in [0.1, 0.15) is 0 Å². The van der Waals surface area contributed by atoms with Gasteiger partial charge in [0.25, 0.3) is 0 Å². The van der Waals surface area contributed by atoms with E-state index in [1.807, 2.05) is 0 Å². The number of carboxylic acids is 2. The molecule has 0 saturated heterocycles. The van der Waals surface area contributed by atoms with Crippen LogP contribution >= 0.6 is 0 Å². The van der Waals surface area contributed by atoms with Gasteiger partial charge in [0.05, 0.1) is 12.8 Å². The molecule has 0 aromatic carbocycles. The molecule has 0 aromatic heterocycles. The van der Waals surface area contributed by atoms with Crippen LogP contribution in [0.5, 0.6) is 0 Å². The van der Waals surface area contributed by atoms with E-state index >= 15 is 0 Å². The number of carboxylic acid groups (broad SMARTS) is 2. The van der Waals surface area contributed by atoms with E-state index in [9.17, 15) is 19.5 Å². The van der Waals surface area contributed by atoms with Gasteiger partial charge in [-0.3, -0.25) is 9.59 Å². The number of carbonyl (C=O) groups excluding carboxylic acids is 1. The van der Waals surface area contributed by atoms with Crippen molar-refractivity contribution in [1.82, 2.24) is 0 Å². The Morgan fingerprint density at radius 3 is 1.93 bits per heavy atom. The zero-order valence-electron chi connectivity index (χ0n) is 7.47. The Balaban J connectivity index is 0. The summed E-state index contributed by atoms with van der Waals surface area (Å²) in [5, 5.41) is 26.0. The average Bonchev–Trinajstić information content (AvgIpc) is 2.02. The van der Waals surface area contributed by atoms with Crippen molar-refractivity contribution < 1.29 is 60.7 Å². The van der Waals surface area contributed by atoms with Crippen molar-refractivity contribution in [2.75, 3.05) is 0 Å². The molecule has 8 nitrogen and oxygen atoms in total. The van der Waals surface area contributed by atoms with Crippen molar-refractivity contribution in [3.05, 3.63) is 0 Å². The minimum atomic E-state index is -2.69. The molecule has 0 aliphatic heterocycles. The van der Waals surface area contributed by atoms with Gasteiger partial charge in [-0.25, -0.2) is 4.79 Å². The number of aliphatic hydroxyl groups is 1. The molecule has 0 heterocycles. The molecule has 1 atom stereocenters. The number of aliphatic carboxylic acids is 2. The van der Waals surface area contributed by atoms with E-state index in [0.29, 0.717) is 0 Å². The fourth-order valence-corrected chi connectivity index (χ4v) is 0.744. The molecule has 1 unspecified atom stereocenters. The quantitative estimate of drug-likeness (QED) is 0.429. The molecule has 0 spiro atoms. The van der Waals surface area contributed by atoms with E-state index < -0.39 is 36.4 Å². The van der Waals surface area contributed by atoms with Gasteiger partial charge in [0.2, 0.25) is 0 Å². The van der Waals surface area contributed by atoms with Crippen LogP contribution in [-0.4, -0.2) is 38.8 Å². The van der Waals surface area contributed by atoms with E-state index in [1.165, 1.54) is 0 Å². The molecular formula is C6H9NO7Zr. The molecule has 5 N–H and O–H groups in total. The minimum absolute atomic E-state index is 0. The summed E-state index contributed by atoms with van der Waals surface area (Å²) >= 11 is 0. The minimum Gasteiger partial charge on any atom is -0.481 e. The summed E-state index contributed by atoms with van der Waals surface area (Å²) in [6.45, 7) is 0. The fourth-order valence-electron chi connectivity index (χ4n) is 0.744. The summed E-state index contributed by atoms with van der Waals surface area (Å²) in [6, 6.07) is 0. The molecule has 0 radical (unpaired) electrons. The zero-order chi connectivity index (χ0) is 11.4. The topological polar surface area (TPSA) is 147 Å². The second-order valence-corrected chi connectivity index (χ2v) is 2.57. The normalized spacial score (nSPS) is 13.2. The summed E-state index contributed by atoms with van der Waals surface area (Å²) in [5.74, 6) is -0.187. The van der Waals surface area contributed by atoms with Crippen molar-refractivity contribution in [3.8, 4) is 0 Å². The maximum Gasteiger partial charge on any atom is 0.336 e. The molecule has 15 heavy (non-hydrogen) atoms. The van der Waals surface area contributed by atoms with Crippen LogP contribution in [0.2, 0.25) is 0 Å². The van der Waals surface area contributed by atoms with E-state index in [1.54, 1.807) is 0 Å². The van der Waals surface area contributed by atoms with Crippen LogP contribution in [0.25, 0.3) is 0 Å². The smallest absolute Gasteiger partial charge is 0.336 e. The zero-order valence-corrected chi connectivity index (χ0v) is 9.92. The van der Waals surface area contributed by atoms with Crippen LogP contribution in [0.1, 0.15) is 12.8 Å². The van der Waals surface area contributed by atoms with Gasteiger partial charge < -0.3 is 20.2 Å². The van der Waals surface area contributed by atoms with E-state index in [0.717, 1.165) is 0 Å². The van der Waals surface area contributed by atoms with Crippen molar-refractivity contribution in [1.29, 1.82) is 0 Å². The van der Waals surface area contributed by atoms with Gasteiger partial charge >= 0.3 is 17.9 Å². The molecule has 0 aliphatic rings. The molecule has 0 rings (SSSR count). The first-order chi connectivity index (χ1) is 6.31. The van der Waals surface area contributed by atoms with Crippen LogP contribution in [0.3, 0.4) is 0 Å². The molecule has 0 amide bonds. The van der Waals surface area contributed by atoms with Crippen LogP contribution in [0, 0.1) is 0 Å². The summed E-state index contributed by atoms with van der Waals surface area (Å²) in [4.78, 5) is 34.8. The maximum atomic E-state index is 10.5. The SMILES string of the molecule is NOC(=O)CC(O)(CC(=O)O)C(=O)O.[Zr]. The first kappa shape index (κ1) is 16.6. The number of hydrogen-bond acceptors (Lipinski definition) is 6. The van der Waals surface area contributed by atoms with Gasteiger partial charge in [-0.2, -0.15) is 5.90 Å². The standard InChI is InChI=1S/C6H9NO7.Zr/c7-14-4(10)2-6(13,5(11)12)1-3(8)9;/h13H,1-2,7H2,(H,8,9)(H,11,12);.